The highest BCUT2D eigenvalue weighted by molar-refractivity contribution is 5.90. The Balaban J connectivity index is 1.81. The third-order valence-electron chi connectivity index (χ3n) is 4.91. The summed E-state index contributed by atoms with van der Waals surface area (Å²) in [6, 6.07) is 15.4. The van der Waals surface area contributed by atoms with Crippen LogP contribution in [0, 0.1) is 0 Å². The number of imidazole rings is 1. The Bertz CT molecular complexity index is 1080. The van der Waals surface area contributed by atoms with Gasteiger partial charge < -0.3 is 14.4 Å². The van der Waals surface area contributed by atoms with Gasteiger partial charge >= 0.3 is 5.97 Å². The van der Waals surface area contributed by atoms with Crippen molar-refractivity contribution in [3.8, 4) is 17.1 Å². The van der Waals surface area contributed by atoms with Crippen molar-refractivity contribution in [3.63, 3.8) is 0 Å². The van der Waals surface area contributed by atoms with E-state index in [0.29, 0.717) is 30.4 Å². The SMILES string of the molecule is COC(=O)CCCCCOc1ccc2c(c1)nc(-c1ccccc1)n2C(=C=O)N(C)C. The molecule has 31 heavy (non-hydrogen) atoms. The van der Waals surface area contributed by atoms with Gasteiger partial charge in [0.1, 0.15) is 11.6 Å². The van der Waals surface area contributed by atoms with Crippen LogP contribution in [-0.4, -0.2) is 54.2 Å². The first-order valence-electron chi connectivity index (χ1n) is 10.3. The Morgan fingerprint density at radius 1 is 1.10 bits per heavy atom. The van der Waals surface area contributed by atoms with E-state index >= 15 is 0 Å². The molecule has 2 aromatic carbocycles. The fourth-order valence-electron chi connectivity index (χ4n) is 3.32. The Morgan fingerprint density at radius 2 is 1.87 bits per heavy atom. The van der Waals surface area contributed by atoms with Crippen LogP contribution in [0.3, 0.4) is 0 Å². The summed E-state index contributed by atoms with van der Waals surface area (Å²) in [7, 11) is 5.01. The molecule has 0 saturated carbocycles. The lowest BCUT2D eigenvalue weighted by atomic mass is 10.2. The lowest BCUT2D eigenvalue weighted by Gasteiger charge is -2.17. The fraction of sp³-hybridized carbons (Fsp3) is 0.333. The minimum atomic E-state index is -0.183. The summed E-state index contributed by atoms with van der Waals surface area (Å²) < 4.78 is 12.3. The van der Waals surface area contributed by atoms with Crippen LogP contribution in [0.25, 0.3) is 28.2 Å². The van der Waals surface area contributed by atoms with Crippen LogP contribution < -0.4 is 4.74 Å². The second-order valence-electron chi connectivity index (χ2n) is 7.34. The molecule has 7 heteroatoms. The molecule has 0 atom stereocenters. The molecule has 0 spiro atoms. The topological polar surface area (TPSA) is 73.7 Å². The molecule has 0 unspecified atom stereocenters. The number of hydrogen-bond donors (Lipinski definition) is 0. The van der Waals surface area contributed by atoms with Crippen molar-refractivity contribution in [2.45, 2.75) is 25.7 Å². The number of benzene rings is 2. The van der Waals surface area contributed by atoms with Crippen LogP contribution in [-0.2, 0) is 14.3 Å². The summed E-state index contributed by atoms with van der Waals surface area (Å²) >= 11 is 0. The lowest BCUT2D eigenvalue weighted by molar-refractivity contribution is -0.140. The number of carbonyl (C=O) groups is 1. The number of esters is 1. The summed E-state index contributed by atoms with van der Waals surface area (Å²) in [5, 5.41) is 0. The van der Waals surface area contributed by atoms with Gasteiger partial charge in [0.05, 0.1) is 24.8 Å². The number of methoxy groups -OCH3 is 1. The molecule has 0 saturated heterocycles. The second kappa shape index (κ2) is 10.5. The summed E-state index contributed by atoms with van der Waals surface area (Å²) in [5.74, 6) is 3.61. The molecule has 1 heterocycles. The molecular formula is C24H27N3O4. The van der Waals surface area contributed by atoms with Crippen LogP contribution in [0.1, 0.15) is 25.7 Å². The third-order valence-corrected chi connectivity index (χ3v) is 4.91. The molecule has 1 aromatic heterocycles. The van der Waals surface area contributed by atoms with Crippen LogP contribution in [0.4, 0.5) is 0 Å². The third kappa shape index (κ3) is 5.32. The maximum atomic E-state index is 11.7. The van der Waals surface area contributed by atoms with Crippen molar-refractivity contribution in [2.75, 3.05) is 27.8 Å². The fourth-order valence-corrected chi connectivity index (χ4v) is 3.32. The van der Waals surface area contributed by atoms with Crippen molar-refractivity contribution in [2.24, 2.45) is 0 Å². The van der Waals surface area contributed by atoms with E-state index in [4.69, 9.17) is 9.72 Å². The molecule has 162 valence electrons. The van der Waals surface area contributed by atoms with Gasteiger partial charge in [0.15, 0.2) is 5.94 Å². The molecule has 0 fully saturated rings. The predicted octanol–water partition coefficient (Wildman–Crippen LogP) is 4.01. The molecule has 0 radical (unpaired) electrons. The number of ether oxygens (including phenoxy) is 2. The number of unbranched alkanes of at least 4 members (excludes halogenated alkanes) is 2. The number of hydrogen-bond acceptors (Lipinski definition) is 6. The van der Waals surface area contributed by atoms with Gasteiger partial charge in [-0.3, -0.25) is 9.36 Å². The lowest BCUT2D eigenvalue weighted by Crippen LogP contribution is -2.17. The number of aromatic nitrogens is 2. The Kier molecular flexibility index (Phi) is 7.46. The molecule has 0 N–H and O–H groups in total. The highest BCUT2D eigenvalue weighted by Gasteiger charge is 2.18. The highest BCUT2D eigenvalue weighted by Crippen LogP contribution is 2.30. The number of nitrogens with zero attached hydrogens (tertiary/aromatic N) is 3. The first-order valence-corrected chi connectivity index (χ1v) is 10.3. The van der Waals surface area contributed by atoms with E-state index in [1.54, 1.807) is 19.0 Å². The predicted molar refractivity (Wildman–Crippen MR) is 120 cm³/mol. The monoisotopic (exact) mass is 421 g/mol. The van der Waals surface area contributed by atoms with E-state index < -0.39 is 0 Å². The van der Waals surface area contributed by atoms with E-state index in [2.05, 4.69) is 4.74 Å². The molecule has 7 nitrogen and oxygen atoms in total. The summed E-state index contributed by atoms with van der Waals surface area (Å²) in [5.41, 5.74) is 2.44. The van der Waals surface area contributed by atoms with E-state index in [9.17, 15) is 9.59 Å². The summed E-state index contributed by atoms with van der Waals surface area (Å²) in [6.45, 7) is 0.552. The van der Waals surface area contributed by atoms with Crippen molar-refractivity contribution >= 4 is 28.8 Å². The first-order chi connectivity index (χ1) is 15.0. The summed E-state index contributed by atoms with van der Waals surface area (Å²) in [4.78, 5) is 29.4. The minimum Gasteiger partial charge on any atom is -0.494 e. The molecule has 0 bridgehead atoms. The van der Waals surface area contributed by atoms with Gasteiger partial charge in [-0.05, 0) is 31.4 Å². The molecule has 3 rings (SSSR count). The normalized spacial score (nSPS) is 10.5. The van der Waals surface area contributed by atoms with Crippen molar-refractivity contribution in [1.29, 1.82) is 0 Å². The number of fused-ring (bicyclic) bond motifs is 1. The average Bonchev–Trinajstić information content (AvgIpc) is 3.15. The first kappa shape index (κ1) is 22.1. The van der Waals surface area contributed by atoms with Gasteiger partial charge in [0, 0.05) is 32.1 Å². The van der Waals surface area contributed by atoms with Gasteiger partial charge in [0.2, 0.25) is 5.82 Å². The maximum absolute atomic E-state index is 11.7. The van der Waals surface area contributed by atoms with Crippen LogP contribution in [0.2, 0.25) is 0 Å². The van der Waals surface area contributed by atoms with Gasteiger partial charge in [-0.15, -0.1) is 0 Å². The largest absolute Gasteiger partial charge is 0.494 e. The van der Waals surface area contributed by atoms with Crippen molar-refractivity contribution in [1.82, 2.24) is 14.5 Å². The Hall–Kier alpha value is -3.57. The van der Waals surface area contributed by atoms with Crippen molar-refractivity contribution < 1.29 is 19.1 Å². The van der Waals surface area contributed by atoms with Gasteiger partial charge in [-0.1, -0.05) is 30.3 Å². The quantitative estimate of drug-likeness (QED) is 0.280. The van der Waals surface area contributed by atoms with Gasteiger partial charge in [0.25, 0.3) is 0 Å². The molecular weight excluding hydrogens is 394 g/mol. The van der Waals surface area contributed by atoms with Gasteiger partial charge in [-0.25, -0.2) is 9.78 Å². The zero-order valence-electron chi connectivity index (χ0n) is 18.1. The standard InChI is InChI=1S/C24H27N3O4/c1-26(2)22(17-28)27-21-14-13-19(31-15-9-5-8-12-23(29)30-3)16-20(21)25-24(27)18-10-6-4-7-11-18/h4,6-7,10-11,13-14,16H,5,8-9,12,15H2,1-3H3. The van der Waals surface area contributed by atoms with Crippen LogP contribution in [0.5, 0.6) is 5.75 Å². The maximum Gasteiger partial charge on any atom is 0.305 e. The van der Waals surface area contributed by atoms with E-state index in [1.807, 2.05) is 59.0 Å². The molecule has 3 aromatic rings. The molecule has 0 aliphatic heterocycles. The second-order valence-corrected chi connectivity index (χ2v) is 7.34. The zero-order valence-corrected chi connectivity index (χ0v) is 18.1. The molecule has 0 aliphatic rings. The Morgan fingerprint density at radius 3 is 2.55 bits per heavy atom. The van der Waals surface area contributed by atoms with Crippen LogP contribution in [0.15, 0.2) is 48.5 Å². The molecule has 0 aliphatic carbocycles. The molecule has 0 amide bonds. The Labute approximate surface area is 181 Å². The minimum absolute atomic E-state index is 0.183. The average molecular weight is 421 g/mol. The number of carbonyl (C=O) groups excluding carboxylic acids is 2. The smallest absolute Gasteiger partial charge is 0.305 e. The van der Waals surface area contributed by atoms with Crippen molar-refractivity contribution in [3.05, 3.63) is 48.5 Å². The highest BCUT2D eigenvalue weighted by atomic mass is 16.5. The summed E-state index contributed by atoms with van der Waals surface area (Å²) in [6.07, 6.45) is 2.95. The van der Waals surface area contributed by atoms with E-state index in [1.165, 1.54) is 7.11 Å². The van der Waals surface area contributed by atoms with E-state index in [-0.39, 0.29) is 5.97 Å². The van der Waals surface area contributed by atoms with Gasteiger partial charge in [-0.2, -0.15) is 0 Å². The van der Waals surface area contributed by atoms with E-state index in [0.717, 1.165) is 35.9 Å². The van der Waals surface area contributed by atoms with Crippen LogP contribution >= 0.6 is 0 Å². The zero-order chi connectivity index (χ0) is 22.2. The number of rotatable bonds is 10.